The molecule has 0 radical (unpaired) electrons. The smallest absolute Gasteiger partial charge is 0.00926 e. The molecule has 10 rings (SSSR count). The van der Waals surface area contributed by atoms with Gasteiger partial charge in [-0.1, -0.05) is 194 Å². The Hall–Kier alpha value is -7.02. The normalized spacial score (nSPS) is 11.3. The van der Waals surface area contributed by atoms with Gasteiger partial charge in [-0.3, -0.25) is 0 Å². The monoisotopic (exact) mass is 684 g/mol. The maximum Gasteiger partial charge on any atom is -0.00926 e. The highest BCUT2D eigenvalue weighted by Gasteiger charge is 2.18. The Balaban J connectivity index is 1.26. The highest BCUT2D eigenvalue weighted by atomic mass is 14.2. The number of fused-ring (bicyclic) bond motifs is 3. The fraction of sp³-hybridized carbons (Fsp3) is 0. The molecule has 0 aliphatic rings. The van der Waals surface area contributed by atoms with Crippen LogP contribution in [0.4, 0.5) is 0 Å². The predicted octanol–water partition coefficient (Wildman–Crippen LogP) is 15.1. The zero-order chi connectivity index (χ0) is 35.8. The van der Waals surface area contributed by atoms with E-state index in [0.717, 1.165) is 0 Å². The van der Waals surface area contributed by atoms with Gasteiger partial charge in [-0.25, -0.2) is 0 Å². The van der Waals surface area contributed by atoms with Gasteiger partial charge in [-0.05, 0) is 123 Å². The highest BCUT2D eigenvalue weighted by molar-refractivity contribution is 6.13. The van der Waals surface area contributed by atoms with Crippen LogP contribution in [-0.4, -0.2) is 0 Å². The van der Waals surface area contributed by atoms with Crippen molar-refractivity contribution >= 4 is 32.3 Å². The van der Waals surface area contributed by atoms with E-state index >= 15 is 0 Å². The van der Waals surface area contributed by atoms with E-state index in [1.165, 1.54) is 99.1 Å². The minimum atomic E-state index is 1.20. The lowest BCUT2D eigenvalue weighted by molar-refractivity contribution is 1.60. The molecule has 0 aliphatic carbocycles. The molecule has 54 heavy (non-hydrogen) atoms. The van der Waals surface area contributed by atoms with Gasteiger partial charge in [0.1, 0.15) is 0 Å². The van der Waals surface area contributed by atoms with Gasteiger partial charge in [-0.15, -0.1) is 0 Å². The molecular weight excluding hydrogens is 649 g/mol. The van der Waals surface area contributed by atoms with Gasteiger partial charge < -0.3 is 0 Å². The van der Waals surface area contributed by atoms with Gasteiger partial charge in [0, 0.05) is 0 Å². The molecule has 0 bridgehead atoms. The summed E-state index contributed by atoms with van der Waals surface area (Å²) in [6.07, 6.45) is 0. The third-order valence-corrected chi connectivity index (χ3v) is 10.9. The SMILES string of the molecule is c1ccc(-c2ccc(-c3cc(-c4ccccc4)c4cc(-c5ccc(-c6ccccc6)c6ccccc56)cc(-c5ccccc5)c4c3)c3ccccc23)cc1. The lowest BCUT2D eigenvalue weighted by Gasteiger charge is -2.19. The molecule has 0 spiro atoms. The molecule has 0 aromatic heterocycles. The molecule has 10 aromatic rings. The van der Waals surface area contributed by atoms with Crippen molar-refractivity contribution in [1.29, 1.82) is 0 Å². The Labute approximate surface area is 316 Å². The quantitative estimate of drug-likeness (QED) is 0.164. The zero-order valence-corrected chi connectivity index (χ0v) is 29.8. The molecule has 0 saturated carbocycles. The summed E-state index contributed by atoms with van der Waals surface area (Å²) in [4.78, 5) is 0. The van der Waals surface area contributed by atoms with Crippen molar-refractivity contribution in [3.63, 3.8) is 0 Å². The maximum absolute atomic E-state index is 2.43. The second-order valence-electron chi connectivity index (χ2n) is 14.0. The number of rotatable bonds is 6. The highest BCUT2D eigenvalue weighted by Crippen LogP contribution is 2.45. The summed E-state index contributed by atoms with van der Waals surface area (Å²) >= 11 is 0. The second kappa shape index (κ2) is 13.5. The summed E-state index contributed by atoms with van der Waals surface area (Å²) in [6.45, 7) is 0. The molecular formula is C54H36. The van der Waals surface area contributed by atoms with Crippen LogP contribution in [0.2, 0.25) is 0 Å². The average molecular weight is 685 g/mol. The van der Waals surface area contributed by atoms with Crippen LogP contribution in [-0.2, 0) is 0 Å². The second-order valence-corrected chi connectivity index (χ2v) is 14.0. The van der Waals surface area contributed by atoms with E-state index in [1.807, 2.05) is 0 Å². The van der Waals surface area contributed by atoms with E-state index < -0.39 is 0 Å². The topological polar surface area (TPSA) is 0 Å². The summed E-state index contributed by atoms with van der Waals surface area (Å²) in [5, 5.41) is 7.49. The van der Waals surface area contributed by atoms with Crippen LogP contribution in [0, 0.1) is 0 Å². The molecule has 0 nitrogen and oxygen atoms in total. The van der Waals surface area contributed by atoms with E-state index in [9.17, 15) is 0 Å². The third kappa shape index (κ3) is 5.57. The van der Waals surface area contributed by atoms with Crippen molar-refractivity contribution in [2.45, 2.75) is 0 Å². The molecule has 0 fully saturated rings. The van der Waals surface area contributed by atoms with Gasteiger partial charge in [0.15, 0.2) is 0 Å². The van der Waals surface area contributed by atoms with Crippen molar-refractivity contribution in [3.8, 4) is 66.8 Å². The molecule has 10 aromatic carbocycles. The van der Waals surface area contributed by atoms with Crippen molar-refractivity contribution < 1.29 is 0 Å². The summed E-state index contributed by atoms with van der Waals surface area (Å²) in [6, 6.07) is 79.8. The van der Waals surface area contributed by atoms with E-state index in [4.69, 9.17) is 0 Å². The van der Waals surface area contributed by atoms with Crippen molar-refractivity contribution in [2.24, 2.45) is 0 Å². The number of benzene rings is 10. The first-order chi connectivity index (χ1) is 26.8. The van der Waals surface area contributed by atoms with Crippen LogP contribution in [0.1, 0.15) is 0 Å². The van der Waals surface area contributed by atoms with Crippen LogP contribution in [0.15, 0.2) is 218 Å². The Morgan fingerprint density at radius 1 is 0.148 bits per heavy atom. The van der Waals surface area contributed by atoms with Crippen LogP contribution >= 0.6 is 0 Å². The molecule has 0 unspecified atom stereocenters. The van der Waals surface area contributed by atoms with Crippen molar-refractivity contribution in [3.05, 3.63) is 218 Å². The zero-order valence-electron chi connectivity index (χ0n) is 29.8. The standard InChI is InChI=1S/C54H36/c1-5-17-37(18-6-1)43-29-31-45(49-27-15-13-25-47(43)49)41-33-51(39-21-9-3-10-22-39)54-36-42(34-52(53(54)35-41)40-23-11-4-12-24-40)46-32-30-44(38-19-7-2-8-20-38)48-26-14-16-28-50(46)48/h1-36H. The number of hydrogen-bond acceptors (Lipinski definition) is 0. The Morgan fingerprint density at radius 2 is 0.389 bits per heavy atom. The molecule has 0 heteroatoms. The van der Waals surface area contributed by atoms with E-state index in [-0.39, 0.29) is 0 Å². The summed E-state index contributed by atoms with van der Waals surface area (Å²) < 4.78 is 0. The fourth-order valence-corrected chi connectivity index (χ4v) is 8.33. The van der Waals surface area contributed by atoms with Crippen LogP contribution < -0.4 is 0 Å². The predicted molar refractivity (Wildman–Crippen MR) is 232 cm³/mol. The minimum Gasteiger partial charge on any atom is -0.0622 e. The van der Waals surface area contributed by atoms with E-state index in [0.29, 0.717) is 0 Å². The van der Waals surface area contributed by atoms with Crippen molar-refractivity contribution in [2.75, 3.05) is 0 Å². The first-order valence-corrected chi connectivity index (χ1v) is 18.7. The molecule has 0 saturated heterocycles. The minimum absolute atomic E-state index is 1.20. The lowest BCUT2D eigenvalue weighted by Crippen LogP contribution is -1.92. The van der Waals surface area contributed by atoms with Gasteiger partial charge in [0.25, 0.3) is 0 Å². The lowest BCUT2D eigenvalue weighted by atomic mass is 9.84. The first-order valence-electron chi connectivity index (χ1n) is 18.7. The molecule has 0 N–H and O–H groups in total. The average Bonchev–Trinajstić information content (AvgIpc) is 3.26. The van der Waals surface area contributed by atoms with Crippen LogP contribution in [0.3, 0.4) is 0 Å². The Kier molecular flexibility index (Phi) is 7.93. The van der Waals surface area contributed by atoms with Crippen molar-refractivity contribution in [1.82, 2.24) is 0 Å². The maximum atomic E-state index is 2.43. The number of hydrogen-bond donors (Lipinski definition) is 0. The Bertz CT molecular complexity index is 2740. The molecule has 0 aliphatic heterocycles. The fourth-order valence-electron chi connectivity index (χ4n) is 8.33. The van der Waals surface area contributed by atoms with Gasteiger partial charge >= 0.3 is 0 Å². The summed E-state index contributed by atoms with van der Waals surface area (Å²) in [7, 11) is 0. The third-order valence-electron chi connectivity index (χ3n) is 10.9. The van der Waals surface area contributed by atoms with E-state index in [2.05, 4.69) is 218 Å². The summed E-state index contributed by atoms with van der Waals surface area (Å²) in [5.74, 6) is 0. The van der Waals surface area contributed by atoms with Gasteiger partial charge in [0.05, 0.1) is 0 Å². The molecule has 252 valence electrons. The summed E-state index contributed by atoms with van der Waals surface area (Å²) in [5.41, 5.74) is 14.7. The largest absolute Gasteiger partial charge is 0.0622 e. The first kappa shape index (κ1) is 31.7. The molecule has 0 amide bonds. The Morgan fingerprint density at radius 3 is 0.685 bits per heavy atom. The van der Waals surface area contributed by atoms with E-state index in [1.54, 1.807) is 0 Å². The molecule has 0 atom stereocenters. The van der Waals surface area contributed by atoms with Crippen LogP contribution in [0.5, 0.6) is 0 Å². The van der Waals surface area contributed by atoms with Crippen LogP contribution in [0.25, 0.3) is 99.1 Å². The van der Waals surface area contributed by atoms with Gasteiger partial charge in [0.2, 0.25) is 0 Å². The van der Waals surface area contributed by atoms with Gasteiger partial charge in [-0.2, -0.15) is 0 Å². The molecule has 0 heterocycles.